The third-order valence-corrected chi connectivity index (χ3v) is 8.42. The maximum atomic E-state index is 13.5. The Labute approximate surface area is 199 Å². The van der Waals surface area contributed by atoms with Crippen LogP contribution >= 0.6 is 0 Å². The highest BCUT2D eigenvalue weighted by Crippen LogP contribution is 2.39. The SMILES string of the molecule is Cc1cnnc(N(C2CCOCC2)S(=O)(=O)N([O-])C(=O)Nc2c3c(cc4c2CCC4)CCC3)c1. The molecule has 0 unspecified atom stereocenters. The molecule has 1 fully saturated rings. The number of hydroxylamine groups is 1. The summed E-state index contributed by atoms with van der Waals surface area (Å²) in [6.45, 7) is 2.46. The lowest BCUT2D eigenvalue weighted by atomic mass is 9.99. The van der Waals surface area contributed by atoms with Gasteiger partial charge in [0.15, 0.2) is 5.82 Å². The number of carbonyl (C=O) groups is 1. The van der Waals surface area contributed by atoms with E-state index in [2.05, 4.69) is 21.6 Å². The first-order valence-corrected chi connectivity index (χ1v) is 13.1. The number of hydrogen-bond acceptors (Lipinski definition) is 7. The molecular formula is C23H28N5O5S-. The summed E-state index contributed by atoms with van der Waals surface area (Å²) in [6.07, 6.45) is 7.66. The monoisotopic (exact) mass is 486 g/mol. The van der Waals surface area contributed by atoms with Crippen molar-refractivity contribution in [2.24, 2.45) is 0 Å². The minimum Gasteiger partial charge on any atom is -0.740 e. The van der Waals surface area contributed by atoms with E-state index in [1.165, 1.54) is 17.3 Å². The summed E-state index contributed by atoms with van der Waals surface area (Å²) in [7, 11) is -4.78. The molecular weight excluding hydrogens is 458 g/mol. The molecule has 1 aliphatic heterocycles. The molecule has 3 aliphatic rings. The fraction of sp³-hybridized carbons (Fsp3) is 0.522. The number of anilines is 2. The summed E-state index contributed by atoms with van der Waals surface area (Å²) in [5.41, 5.74) is 5.70. The Hall–Kier alpha value is -2.76. The molecule has 1 N–H and O–H groups in total. The zero-order valence-electron chi connectivity index (χ0n) is 19.1. The average Bonchev–Trinajstić information content (AvgIpc) is 3.48. The minimum atomic E-state index is -4.78. The van der Waals surface area contributed by atoms with Gasteiger partial charge in [0.05, 0.1) is 12.2 Å². The third-order valence-electron chi connectivity index (χ3n) is 6.86. The standard InChI is InChI=1S/C23H28N5O5S/c1-15-12-21(26-24-14-15)27(18-8-10-33-11-9-18)34(31,32)28(30)23(29)25-22-19-6-2-4-16(19)13-17-5-3-7-20(17)22/h12-14,18H,2-11H2,1H3,(H,25,29)/q-1. The van der Waals surface area contributed by atoms with E-state index in [1.54, 1.807) is 13.0 Å². The van der Waals surface area contributed by atoms with E-state index < -0.39 is 26.8 Å². The number of aryl methyl sites for hydroxylation is 3. The number of fused-ring (bicyclic) bond motifs is 2. The molecule has 2 aliphatic carbocycles. The quantitative estimate of drug-likeness (QED) is 0.643. The predicted molar refractivity (Wildman–Crippen MR) is 127 cm³/mol. The van der Waals surface area contributed by atoms with Crippen molar-refractivity contribution < 1.29 is 17.9 Å². The molecule has 2 aromatic rings. The first kappa shape index (κ1) is 23.0. The molecule has 1 saturated heterocycles. The van der Waals surface area contributed by atoms with Gasteiger partial charge in [-0.1, -0.05) is 6.07 Å². The number of benzene rings is 1. The van der Waals surface area contributed by atoms with Crippen LogP contribution in [0.5, 0.6) is 0 Å². The van der Waals surface area contributed by atoms with Crippen LogP contribution in [0.1, 0.15) is 53.5 Å². The van der Waals surface area contributed by atoms with Gasteiger partial charge >= 0.3 is 16.2 Å². The Balaban J connectivity index is 1.47. The van der Waals surface area contributed by atoms with Crippen LogP contribution < -0.4 is 9.62 Å². The van der Waals surface area contributed by atoms with E-state index in [-0.39, 0.29) is 5.82 Å². The number of nitrogens with zero attached hydrogens (tertiary/aromatic N) is 4. The van der Waals surface area contributed by atoms with Crippen LogP contribution in [-0.2, 0) is 40.6 Å². The summed E-state index contributed by atoms with van der Waals surface area (Å²) in [6, 6.07) is 1.97. The van der Waals surface area contributed by atoms with Gasteiger partial charge in [-0.25, -0.2) is 9.10 Å². The van der Waals surface area contributed by atoms with Crippen LogP contribution in [0.2, 0.25) is 0 Å². The van der Waals surface area contributed by atoms with Crippen molar-refractivity contribution in [1.82, 2.24) is 14.7 Å². The maximum Gasteiger partial charge on any atom is 0.326 e. The molecule has 1 aromatic carbocycles. The lowest BCUT2D eigenvalue weighted by Crippen LogP contribution is -2.51. The first-order valence-electron chi connectivity index (χ1n) is 11.7. The molecule has 2 heterocycles. The van der Waals surface area contributed by atoms with Gasteiger partial charge in [0.25, 0.3) is 0 Å². The Morgan fingerprint density at radius 1 is 1.09 bits per heavy atom. The van der Waals surface area contributed by atoms with E-state index in [0.717, 1.165) is 54.0 Å². The second kappa shape index (κ2) is 9.12. The highest BCUT2D eigenvalue weighted by molar-refractivity contribution is 7.91. The first-order chi connectivity index (χ1) is 16.4. The van der Waals surface area contributed by atoms with Crippen molar-refractivity contribution in [2.75, 3.05) is 22.8 Å². The molecule has 182 valence electrons. The lowest BCUT2D eigenvalue weighted by molar-refractivity contribution is 0.0872. The zero-order chi connectivity index (χ0) is 23.9. The van der Waals surface area contributed by atoms with Gasteiger partial charge in [-0.2, -0.15) is 13.5 Å². The van der Waals surface area contributed by atoms with E-state index in [1.807, 2.05) is 0 Å². The molecule has 0 atom stereocenters. The fourth-order valence-corrected chi connectivity index (χ4v) is 6.60. The maximum absolute atomic E-state index is 13.5. The second-order valence-corrected chi connectivity index (χ2v) is 10.8. The van der Waals surface area contributed by atoms with Gasteiger partial charge in [0, 0.05) is 18.9 Å². The van der Waals surface area contributed by atoms with Crippen molar-refractivity contribution >= 4 is 27.7 Å². The summed E-state index contributed by atoms with van der Waals surface area (Å²) < 4.78 is 32.9. The molecule has 5 rings (SSSR count). The number of hydrogen-bond donors (Lipinski definition) is 1. The molecule has 0 radical (unpaired) electrons. The highest BCUT2D eigenvalue weighted by Gasteiger charge is 2.36. The van der Waals surface area contributed by atoms with E-state index in [0.29, 0.717) is 37.3 Å². The Morgan fingerprint density at radius 2 is 1.74 bits per heavy atom. The molecule has 0 saturated carbocycles. The van der Waals surface area contributed by atoms with Crippen LogP contribution in [0, 0.1) is 12.1 Å². The smallest absolute Gasteiger partial charge is 0.326 e. The topological polar surface area (TPSA) is 128 Å². The zero-order valence-corrected chi connectivity index (χ0v) is 19.9. The van der Waals surface area contributed by atoms with E-state index >= 15 is 0 Å². The summed E-state index contributed by atoms with van der Waals surface area (Å²) in [5.74, 6) is 0.0158. The van der Waals surface area contributed by atoms with Crippen LogP contribution in [0.15, 0.2) is 18.3 Å². The summed E-state index contributed by atoms with van der Waals surface area (Å²) >= 11 is 0. The fourth-order valence-electron chi connectivity index (χ4n) is 5.27. The number of amides is 2. The van der Waals surface area contributed by atoms with Crippen molar-refractivity contribution in [1.29, 1.82) is 0 Å². The van der Waals surface area contributed by atoms with Crippen molar-refractivity contribution in [3.05, 3.63) is 51.4 Å². The molecule has 10 nitrogen and oxygen atoms in total. The van der Waals surface area contributed by atoms with Crippen LogP contribution in [0.25, 0.3) is 0 Å². The van der Waals surface area contributed by atoms with Gasteiger partial charge in [-0.15, -0.1) is 5.10 Å². The number of urea groups is 1. The number of aromatic nitrogens is 2. The Morgan fingerprint density at radius 3 is 2.35 bits per heavy atom. The average molecular weight is 487 g/mol. The second-order valence-electron chi connectivity index (χ2n) is 9.13. The van der Waals surface area contributed by atoms with Gasteiger partial charge in [-0.05, 0) is 92.2 Å². The van der Waals surface area contributed by atoms with E-state index in [4.69, 9.17) is 4.74 Å². The van der Waals surface area contributed by atoms with E-state index in [9.17, 15) is 18.4 Å². The number of ether oxygens (including phenoxy) is 1. The predicted octanol–water partition coefficient (Wildman–Crippen LogP) is 3.02. The van der Waals surface area contributed by atoms with Crippen molar-refractivity contribution in [3.63, 3.8) is 0 Å². The molecule has 34 heavy (non-hydrogen) atoms. The van der Waals surface area contributed by atoms with Gasteiger partial charge in [0.2, 0.25) is 0 Å². The van der Waals surface area contributed by atoms with Crippen LogP contribution in [0.4, 0.5) is 16.3 Å². The molecule has 11 heteroatoms. The normalized spacial score (nSPS) is 17.8. The largest absolute Gasteiger partial charge is 0.740 e. The van der Waals surface area contributed by atoms with Gasteiger partial charge in [0.1, 0.15) is 0 Å². The number of nitrogens with one attached hydrogen (secondary N) is 1. The lowest BCUT2D eigenvalue weighted by Gasteiger charge is -2.39. The molecule has 0 bridgehead atoms. The number of carbonyl (C=O) groups excluding carboxylic acids is 1. The highest BCUT2D eigenvalue weighted by atomic mass is 32.2. The Kier molecular flexibility index (Phi) is 6.17. The molecule has 2 amide bonds. The van der Waals surface area contributed by atoms with Crippen LogP contribution in [-0.4, -0.2) is 48.4 Å². The number of rotatable bonds is 5. The van der Waals surface area contributed by atoms with Crippen molar-refractivity contribution in [2.45, 2.75) is 64.3 Å². The van der Waals surface area contributed by atoms with Crippen molar-refractivity contribution in [3.8, 4) is 0 Å². The van der Waals surface area contributed by atoms with Gasteiger partial charge < -0.3 is 15.3 Å². The van der Waals surface area contributed by atoms with Crippen LogP contribution in [0.3, 0.4) is 0 Å². The third kappa shape index (κ3) is 4.12. The minimum absolute atomic E-state index is 0.0158. The Bertz CT molecular complexity index is 1180. The summed E-state index contributed by atoms with van der Waals surface area (Å²) in [4.78, 5) is 13.1. The summed E-state index contributed by atoms with van der Waals surface area (Å²) in [5, 5.41) is 23.6. The molecule has 1 aromatic heterocycles. The molecule has 0 spiro atoms. The van der Waals surface area contributed by atoms with Gasteiger partial charge in [-0.3, -0.25) is 4.47 Å².